The Bertz CT molecular complexity index is 1560. The molecule has 1 unspecified atom stereocenters. The minimum Gasteiger partial charge on any atom is -0.494 e. The van der Waals surface area contributed by atoms with E-state index < -0.39 is 23.6 Å². The lowest BCUT2D eigenvalue weighted by Crippen LogP contribution is -2.50. The maximum Gasteiger partial charge on any atom is 0.291 e. The first-order valence-corrected chi connectivity index (χ1v) is 14.8. The summed E-state index contributed by atoms with van der Waals surface area (Å²) in [5.74, 6) is -3.56. The van der Waals surface area contributed by atoms with Crippen LogP contribution < -0.4 is 10.1 Å². The van der Waals surface area contributed by atoms with E-state index >= 15 is 0 Å². The van der Waals surface area contributed by atoms with E-state index in [1.165, 1.54) is 55.3 Å². The van der Waals surface area contributed by atoms with Gasteiger partial charge in [-0.05, 0) is 63.8 Å². The Balaban J connectivity index is 1.33. The van der Waals surface area contributed by atoms with Crippen molar-refractivity contribution < 1.29 is 33.0 Å². The normalized spacial score (nSPS) is 14.1. The Labute approximate surface area is 265 Å². The van der Waals surface area contributed by atoms with E-state index in [1.54, 1.807) is 9.80 Å². The maximum absolute atomic E-state index is 14.6. The first-order chi connectivity index (χ1) is 21.4. The van der Waals surface area contributed by atoms with Crippen molar-refractivity contribution in [3.63, 3.8) is 0 Å². The molecule has 1 aliphatic heterocycles. The van der Waals surface area contributed by atoms with Gasteiger partial charge in [0.15, 0.2) is 17.4 Å². The molecule has 1 saturated heterocycles. The number of hydrogen-bond donors (Lipinski definition) is 2. The second-order valence-electron chi connectivity index (χ2n) is 11.1. The van der Waals surface area contributed by atoms with Crippen LogP contribution in [0.2, 0.25) is 5.02 Å². The lowest BCUT2D eigenvalue weighted by molar-refractivity contribution is -0.133. The number of piperazine rings is 1. The molecular weight excluding hydrogens is 610 g/mol. The van der Waals surface area contributed by atoms with Crippen LogP contribution in [0.1, 0.15) is 40.2 Å². The summed E-state index contributed by atoms with van der Waals surface area (Å²) in [7, 11) is 6.58. The van der Waals surface area contributed by atoms with Gasteiger partial charge in [0.25, 0.3) is 11.8 Å². The van der Waals surface area contributed by atoms with Gasteiger partial charge in [0.2, 0.25) is 11.7 Å². The van der Waals surface area contributed by atoms with E-state index in [2.05, 4.69) is 10.3 Å². The van der Waals surface area contributed by atoms with Crippen LogP contribution in [0.15, 0.2) is 36.5 Å². The monoisotopic (exact) mass is 646 g/mol. The molecule has 0 saturated carbocycles. The molecule has 3 aromatic rings. The first kappa shape index (κ1) is 33.8. The van der Waals surface area contributed by atoms with Crippen molar-refractivity contribution >= 4 is 35.0 Å². The summed E-state index contributed by atoms with van der Waals surface area (Å²) >= 11 is 6.44. The van der Waals surface area contributed by atoms with Gasteiger partial charge in [-0.1, -0.05) is 11.6 Å². The lowest BCUT2D eigenvalue weighted by atomic mass is 10.1. The van der Waals surface area contributed by atoms with Crippen LogP contribution in [0.3, 0.4) is 0 Å². The number of aliphatic hydroxyl groups is 1. The predicted molar refractivity (Wildman–Crippen MR) is 165 cm³/mol. The molecule has 2 aromatic carbocycles. The number of ether oxygens (including phenoxy) is 1. The molecule has 1 fully saturated rings. The van der Waals surface area contributed by atoms with Crippen LogP contribution in [0, 0.1) is 11.6 Å². The van der Waals surface area contributed by atoms with E-state index in [0.29, 0.717) is 44.7 Å². The van der Waals surface area contributed by atoms with Gasteiger partial charge in [0.05, 0.1) is 35.7 Å². The molecule has 2 N–H and O–H groups in total. The fourth-order valence-corrected chi connectivity index (χ4v) is 5.30. The number of nitrogens with one attached hydrogen (secondary N) is 1. The first-order valence-electron chi connectivity index (χ1n) is 14.5. The van der Waals surface area contributed by atoms with Crippen molar-refractivity contribution in [3.8, 4) is 17.0 Å². The molecule has 0 radical (unpaired) electrons. The van der Waals surface area contributed by atoms with Crippen LogP contribution >= 0.6 is 11.6 Å². The topological polar surface area (TPSA) is 120 Å². The third kappa shape index (κ3) is 7.96. The largest absolute Gasteiger partial charge is 0.494 e. The van der Waals surface area contributed by atoms with Crippen molar-refractivity contribution in [2.75, 3.05) is 59.2 Å². The number of anilines is 1. The maximum atomic E-state index is 14.6. The Morgan fingerprint density at radius 3 is 2.40 bits per heavy atom. The zero-order valence-corrected chi connectivity index (χ0v) is 26.4. The summed E-state index contributed by atoms with van der Waals surface area (Å²) in [6, 6.07) is 7.10. The Hall–Kier alpha value is -4.07. The molecule has 2 heterocycles. The highest BCUT2D eigenvalue weighted by Crippen LogP contribution is 2.30. The lowest BCUT2D eigenvalue weighted by Gasteiger charge is -2.35. The predicted octanol–water partition coefficient (Wildman–Crippen LogP) is 3.66. The van der Waals surface area contributed by atoms with Gasteiger partial charge in [-0.3, -0.25) is 14.4 Å². The zero-order chi connectivity index (χ0) is 32.8. The number of methoxy groups -OCH3 is 1. The van der Waals surface area contributed by atoms with Gasteiger partial charge in [0.1, 0.15) is 0 Å². The summed E-state index contributed by atoms with van der Waals surface area (Å²) in [5, 5.41) is 12.9. The number of amides is 3. The molecular formula is C31H37ClF2N6O5. The fraction of sp³-hybridized carbons (Fsp3) is 0.419. The van der Waals surface area contributed by atoms with Gasteiger partial charge in [-0.15, -0.1) is 0 Å². The van der Waals surface area contributed by atoms with E-state index in [0.717, 1.165) is 6.54 Å². The molecule has 1 atom stereocenters. The molecule has 11 nitrogen and oxygen atoms in total. The molecule has 0 aliphatic carbocycles. The number of carbonyl (C=O) groups is 3. The van der Waals surface area contributed by atoms with Crippen molar-refractivity contribution in [1.29, 1.82) is 0 Å². The molecule has 14 heteroatoms. The summed E-state index contributed by atoms with van der Waals surface area (Å²) in [6.07, 6.45) is 1.97. The highest BCUT2D eigenvalue weighted by Gasteiger charge is 2.27. The number of hydrogen-bond acceptors (Lipinski definition) is 7. The van der Waals surface area contributed by atoms with Gasteiger partial charge in [-0.2, -0.15) is 4.39 Å². The second kappa shape index (κ2) is 14.8. The number of aliphatic hydroxyl groups excluding tert-OH is 1. The number of halogens is 3. The highest BCUT2D eigenvalue weighted by molar-refractivity contribution is 6.34. The van der Waals surface area contributed by atoms with E-state index in [1.807, 2.05) is 19.0 Å². The minimum absolute atomic E-state index is 0.0507. The van der Waals surface area contributed by atoms with Gasteiger partial charge < -0.3 is 34.4 Å². The average molecular weight is 647 g/mol. The van der Waals surface area contributed by atoms with Crippen LogP contribution in [-0.4, -0.2) is 107 Å². The third-order valence-corrected chi connectivity index (χ3v) is 8.02. The molecule has 0 bridgehead atoms. The molecule has 3 amide bonds. The molecule has 1 aliphatic rings. The van der Waals surface area contributed by atoms with Gasteiger partial charge >= 0.3 is 0 Å². The summed E-state index contributed by atoms with van der Waals surface area (Å²) in [5.41, 5.74) is 0.635. The summed E-state index contributed by atoms with van der Waals surface area (Å²) in [6.45, 7) is 2.17. The number of carbonyl (C=O) groups excluding carboxylic acids is 3. The summed E-state index contributed by atoms with van der Waals surface area (Å²) in [4.78, 5) is 48.2. The number of rotatable bonds is 11. The average Bonchev–Trinajstić information content (AvgIpc) is 3.40. The van der Waals surface area contributed by atoms with Gasteiger partial charge in [0, 0.05) is 50.9 Å². The minimum atomic E-state index is -1.15. The third-order valence-electron chi connectivity index (χ3n) is 7.71. The SMILES string of the molecule is COc1ccc(-c2cnc(C(=O)Nc3ccc(C(=O)N4CCN(C(=O)CCC(O)CCN(C)C)CC4)c(Cl)c3)n2C)c(F)c1F. The van der Waals surface area contributed by atoms with Crippen molar-refractivity contribution in [1.82, 2.24) is 24.3 Å². The van der Waals surface area contributed by atoms with Gasteiger partial charge in [-0.25, -0.2) is 9.37 Å². The van der Waals surface area contributed by atoms with E-state index in [4.69, 9.17) is 16.3 Å². The molecule has 4 rings (SSSR count). The van der Waals surface area contributed by atoms with Crippen molar-refractivity contribution in [2.24, 2.45) is 7.05 Å². The zero-order valence-electron chi connectivity index (χ0n) is 25.6. The molecule has 45 heavy (non-hydrogen) atoms. The Morgan fingerprint density at radius 2 is 1.76 bits per heavy atom. The van der Waals surface area contributed by atoms with Crippen LogP contribution in [0.5, 0.6) is 5.75 Å². The highest BCUT2D eigenvalue weighted by atomic mass is 35.5. The van der Waals surface area contributed by atoms with Crippen LogP contribution in [-0.2, 0) is 11.8 Å². The quantitative estimate of drug-likeness (QED) is 0.326. The fourth-order valence-electron chi connectivity index (χ4n) is 5.04. The van der Waals surface area contributed by atoms with Crippen molar-refractivity contribution in [3.05, 3.63) is 64.6 Å². The number of nitrogens with zero attached hydrogens (tertiary/aromatic N) is 5. The van der Waals surface area contributed by atoms with E-state index in [9.17, 15) is 28.3 Å². The number of imidazole rings is 1. The smallest absolute Gasteiger partial charge is 0.291 e. The Morgan fingerprint density at radius 1 is 1.07 bits per heavy atom. The molecule has 242 valence electrons. The van der Waals surface area contributed by atoms with Crippen molar-refractivity contribution in [2.45, 2.75) is 25.4 Å². The second-order valence-corrected chi connectivity index (χ2v) is 11.5. The molecule has 1 aromatic heterocycles. The van der Waals surface area contributed by atoms with Crippen LogP contribution in [0.25, 0.3) is 11.3 Å². The van der Waals surface area contributed by atoms with Crippen LogP contribution in [0.4, 0.5) is 14.5 Å². The number of aromatic nitrogens is 2. The summed E-state index contributed by atoms with van der Waals surface area (Å²) < 4.78 is 35.0. The number of benzene rings is 2. The van der Waals surface area contributed by atoms with E-state index in [-0.39, 0.29) is 51.7 Å². The standard InChI is InChI=1S/C31H37ClF2N6O5/c1-37(2)12-11-20(41)6-10-26(42)39-13-15-40(16-14-39)31(44)21-7-5-19(17-23(21)32)36-30(43)29-35-18-24(38(29)3)22-8-9-25(45-4)28(34)27(22)33/h5,7-9,17-18,20,41H,6,10-16H2,1-4H3,(H,36,43). The Kier molecular flexibility index (Phi) is 11.1. The molecule has 0 spiro atoms.